The van der Waals surface area contributed by atoms with Gasteiger partial charge in [0.1, 0.15) is 0 Å². The second kappa shape index (κ2) is 11.7. The van der Waals surface area contributed by atoms with Gasteiger partial charge in [0, 0.05) is 37.4 Å². The van der Waals surface area contributed by atoms with Crippen molar-refractivity contribution in [3.8, 4) is 22.8 Å². The first-order valence-corrected chi connectivity index (χ1v) is 13.9. The largest absolute Gasteiger partial charge is 0.504 e. The van der Waals surface area contributed by atoms with Crippen LogP contribution < -0.4 is 15.4 Å². The van der Waals surface area contributed by atoms with Crippen molar-refractivity contribution in [2.45, 2.75) is 31.8 Å². The average molecular weight is 512 g/mol. The molecule has 4 rings (SSSR count). The van der Waals surface area contributed by atoms with E-state index in [-0.39, 0.29) is 11.8 Å². The summed E-state index contributed by atoms with van der Waals surface area (Å²) in [4.78, 5) is 8.98. The van der Waals surface area contributed by atoms with E-state index in [0.29, 0.717) is 37.8 Å². The van der Waals surface area contributed by atoms with Gasteiger partial charge in [-0.3, -0.25) is 0 Å². The normalized spacial score (nSPS) is 16.1. The number of rotatable bonds is 10. The Bertz CT molecular complexity index is 1280. The Morgan fingerprint density at radius 1 is 1.19 bits per heavy atom. The minimum atomic E-state index is -3.35. The molecule has 0 spiro atoms. The van der Waals surface area contributed by atoms with Crippen LogP contribution in [0.2, 0.25) is 0 Å². The number of methoxy groups -OCH3 is 1. The van der Waals surface area contributed by atoms with E-state index in [4.69, 9.17) is 4.74 Å². The van der Waals surface area contributed by atoms with Crippen LogP contribution in [0.5, 0.6) is 11.5 Å². The number of sulfonamides is 1. The monoisotopic (exact) mass is 511 g/mol. The van der Waals surface area contributed by atoms with Gasteiger partial charge in [0.2, 0.25) is 16.0 Å². The number of nitrogens with zero attached hydrogens (tertiary/aromatic N) is 3. The van der Waals surface area contributed by atoms with Crippen molar-refractivity contribution in [1.29, 1.82) is 0 Å². The molecule has 2 heterocycles. The minimum absolute atomic E-state index is 0.0409. The van der Waals surface area contributed by atoms with Gasteiger partial charge in [-0.05, 0) is 61.2 Å². The van der Waals surface area contributed by atoms with Crippen LogP contribution in [0.15, 0.2) is 54.7 Å². The average Bonchev–Trinajstić information content (AvgIpc) is 2.88. The molecule has 0 bridgehead atoms. The standard InChI is InChI=1S/C26H33N5O4S/c1-35-25-16-19(8-9-24(25)32)10-13-28-26-29-14-11-23(30-26)21-6-3-5-20(15-21)18-31(36(2,33)34)22-7-4-12-27-17-22/h3,5-6,8-9,11,14-16,22,27,32H,4,7,10,12-13,17-18H2,1-2H3,(H,28,29,30). The second-order valence-electron chi connectivity index (χ2n) is 8.96. The van der Waals surface area contributed by atoms with Crippen molar-refractivity contribution in [1.82, 2.24) is 19.6 Å². The maximum absolute atomic E-state index is 12.5. The SMILES string of the molecule is COc1cc(CCNc2nccc(-c3cccc(CN(C4CCCNC4)S(C)(=O)=O)c3)n2)ccc1O. The highest BCUT2D eigenvalue weighted by Crippen LogP contribution is 2.26. The first-order chi connectivity index (χ1) is 17.3. The van der Waals surface area contributed by atoms with Crippen molar-refractivity contribution in [2.24, 2.45) is 0 Å². The molecule has 192 valence electrons. The summed E-state index contributed by atoms with van der Waals surface area (Å²) in [7, 11) is -1.83. The summed E-state index contributed by atoms with van der Waals surface area (Å²) in [5, 5.41) is 16.3. The van der Waals surface area contributed by atoms with Crippen molar-refractivity contribution in [3.05, 3.63) is 65.9 Å². The molecular weight excluding hydrogens is 478 g/mol. The Morgan fingerprint density at radius 3 is 2.81 bits per heavy atom. The number of benzene rings is 2. The number of ether oxygens (including phenoxy) is 1. The highest BCUT2D eigenvalue weighted by atomic mass is 32.2. The lowest BCUT2D eigenvalue weighted by atomic mass is 10.1. The Labute approximate surface area is 212 Å². The van der Waals surface area contributed by atoms with Gasteiger partial charge >= 0.3 is 0 Å². The fraction of sp³-hybridized carbons (Fsp3) is 0.385. The number of anilines is 1. The molecule has 3 aromatic rings. The van der Waals surface area contributed by atoms with Gasteiger partial charge in [-0.1, -0.05) is 24.3 Å². The van der Waals surface area contributed by atoms with Gasteiger partial charge in [-0.15, -0.1) is 0 Å². The van der Waals surface area contributed by atoms with Crippen LogP contribution in [0, 0.1) is 0 Å². The molecule has 10 heteroatoms. The lowest BCUT2D eigenvalue weighted by Crippen LogP contribution is -2.47. The van der Waals surface area contributed by atoms with Crippen molar-refractivity contribution in [3.63, 3.8) is 0 Å². The van der Waals surface area contributed by atoms with Crippen LogP contribution in [-0.2, 0) is 23.0 Å². The second-order valence-corrected chi connectivity index (χ2v) is 10.9. The number of piperidine rings is 1. The van der Waals surface area contributed by atoms with E-state index in [1.165, 1.54) is 13.4 Å². The predicted octanol–water partition coefficient (Wildman–Crippen LogP) is 3.03. The van der Waals surface area contributed by atoms with Crippen LogP contribution >= 0.6 is 0 Å². The Kier molecular flexibility index (Phi) is 8.40. The van der Waals surface area contributed by atoms with Gasteiger partial charge < -0.3 is 20.5 Å². The van der Waals surface area contributed by atoms with E-state index in [2.05, 4.69) is 20.6 Å². The van der Waals surface area contributed by atoms with Gasteiger partial charge in [0.05, 0.1) is 19.1 Å². The third-order valence-electron chi connectivity index (χ3n) is 6.26. The van der Waals surface area contributed by atoms with Crippen LogP contribution in [0.4, 0.5) is 5.95 Å². The van der Waals surface area contributed by atoms with E-state index in [9.17, 15) is 13.5 Å². The maximum Gasteiger partial charge on any atom is 0.223 e. The summed E-state index contributed by atoms with van der Waals surface area (Å²) >= 11 is 0. The maximum atomic E-state index is 12.5. The molecule has 1 aromatic heterocycles. The zero-order valence-electron chi connectivity index (χ0n) is 20.6. The molecule has 0 radical (unpaired) electrons. The number of phenols is 1. The fourth-order valence-electron chi connectivity index (χ4n) is 4.41. The summed E-state index contributed by atoms with van der Waals surface area (Å²) in [6, 6.07) is 14.9. The molecule has 1 fully saturated rings. The third kappa shape index (κ3) is 6.71. The molecule has 1 aliphatic rings. The van der Waals surface area contributed by atoms with Crippen LogP contribution in [0.25, 0.3) is 11.3 Å². The number of nitrogens with one attached hydrogen (secondary N) is 2. The first-order valence-electron chi connectivity index (χ1n) is 12.0. The number of phenolic OH excluding ortho intramolecular Hbond substituents is 1. The molecule has 3 N–H and O–H groups in total. The third-order valence-corrected chi connectivity index (χ3v) is 7.54. The lowest BCUT2D eigenvalue weighted by molar-refractivity contribution is 0.262. The molecule has 0 saturated carbocycles. The summed E-state index contributed by atoms with van der Waals surface area (Å²) in [5.74, 6) is 1.07. The minimum Gasteiger partial charge on any atom is -0.504 e. The Morgan fingerprint density at radius 2 is 2.06 bits per heavy atom. The van der Waals surface area contributed by atoms with E-state index in [1.807, 2.05) is 42.5 Å². The number of aromatic hydroxyl groups is 1. The zero-order chi connectivity index (χ0) is 25.5. The molecule has 1 aliphatic heterocycles. The van der Waals surface area contributed by atoms with E-state index in [0.717, 1.165) is 41.8 Å². The molecule has 9 nitrogen and oxygen atoms in total. The topological polar surface area (TPSA) is 117 Å². The molecule has 1 saturated heterocycles. The molecule has 2 aromatic carbocycles. The molecular formula is C26H33N5O4S. The lowest BCUT2D eigenvalue weighted by Gasteiger charge is -2.33. The van der Waals surface area contributed by atoms with E-state index < -0.39 is 10.0 Å². The zero-order valence-corrected chi connectivity index (χ0v) is 21.5. The van der Waals surface area contributed by atoms with Gasteiger partial charge in [-0.25, -0.2) is 18.4 Å². The van der Waals surface area contributed by atoms with E-state index in [1.54, 1.807) is 16.6 Å². The summed E-state index contributed by atoms with van der Waals surface area (Å²) in [6.07, 6.45) is 5.52. The number of aromatic nitrogens is 2. The van der Waals surface area contributed by atoms with Gasteiger partial charge in [-0.2, -0.15) is 4.31 Å². The molecule has 1 atom stereocenters. The van der Waals surface area contributed by atoms with Crippen molar-refractivity contribution >= 4 is 16.0 Å². The molecule has 0 aliphatic carbocycles. The predicted molar refractivity (Wildman–Crippen MR) is 141 cm³/mol. The summed E-state index contributed by atoms with van der Waals surface area (Å²) < 4.78 is 31.8. The Balaban J connectivity index is 1.44. The first kappa shape index (κ1) is 25.9. The Hall–Kier alpha value is -3.21. The quantitative estimate of drug-likeness (QED) is 0.380. The van der Waals surface area contributed by atoms with Gasteiger partial charge in [0.25, 0.3) is 0 Å². The summed E-state index contributed by atoms with van der Waals surface area (Å²) in [6.45, 7) is 2.53. The smallest absolute Gasteiger partial charge is 0.223 e. The highest BCUT2D eigenvalue weighted by Gasteiger charge is 2.28. The molecule has 36 heavy (non-hydrogen) atoms. The van der Waals surface area contributed by atoms with Crippen LogP contribution in [-0.4, -0.2) is 66.8 Å². The van der Waals surface area contributed by atoms with Crippen molar-refractivity contribution in [2.75, 3.05) is 38.3 Å². The van der Waals surface area contributed by atoms with Gasteiger partial charge in [0.15, 0.2) is 11.5 Å². The van der Waals surface area contributed by atoms with Crippen LogP contribution in [0.3, 0.4) is 0 Å². The number of hydrogen-bond acceptors (Lipinski definition) is 8. The van der Waals surface area contributed by atoms with Crippen LogP contribution in [0.1, 0.15) is 24.0 Å². The van der Waals surface area contributed by atoms with E-state index >= 15 is 0 Å². The van der Waals surface area contributed by atoms with Crippen molar-refractivity contribution < 1.29 is 18.3 Å². The molecule has 0 amide bonds. The number of hydrogen-bond donors (Lipinski definition) is 3. The highest BCUT2D eigenvalue weighted by molar-refractivity contribution is 7.88. The summed E-state index contributed by atoms with van der Waals surface area (Å²) in [5.41, 5.74) is 3.59. The fourth-order valence-corrected chi connectivity index (χ4v) is 5.51. The molecule has 1 unspecified atom stereocenters.